The van der Waals surface area contributed by atoms with Crippen LogP contribution in [0.5, 0.6) is 5.75 Å². The van der Waals surface area contributed by atoms with Gasteiger partial charge in [0.1, 0.15) is 12.4 Å². The van der Waals surface area contributed by atoms with E-state index in [1.165, 1.54) is 27.8 Å². The van der Waals surface area contributed by atoms with Crippen LogP contribution in [-0.2, 0) is 0 Å². The van der Waals surface area contributed by atoms with Crippen molar-refractivity contribution in [3.05, 3.63) is 95.1 Å². The highest BCUT2D eigenvalue weighted by Crippen LogP contribution is 2.36. The first-order chi connectivity index (χ1) is 14.2. The zero-order valence-corrected chi connectivity index (χ0v) is 18.0. The maximum absolute atomic E-state index is 5.90. The molecule has 0 atom stereocenters. The Morgan fingerprint density at radius 3 is 2.31 bits per heavy atom. The SMILES string of the molecule is CCC/C(C1=CC=CCC1)=C(\c1ccccc1)c1ccc(OCCN(C)C)cc1. The zero-order valence-electron chi connectivity index (χ0n) is 18.0. The van der Waals surface area contributed by atoms with E-state index in [0.29, 0.717) is 6.61 Å². The molecule has 0 saturated carbocycles. The van der Waals surface area contributed by atoms with E-state index in [4.69, 9.17) is 4.74 Å². The lowest BCUT2D eigenvalue weighted by atomic mass is 9.84. The van der Waals surface area contributed by atoms with Gasteiger partial charge >= 0.3 is 0 Å². The van der Waals surface area contributed by atoms with Crippen LogP contribution in [0, 0.1) is 0 Å². The van der Waals surface area contributed by atoms with Gasteiger partial charge in [-0.1, -0.05) is 74.0 Å². The summed E-state index contributed by atoms with van der Waals surface area (Å²) in [4.78, 5) is 2.13. The third-order valence-electron chi connectivity index (χ3n) is 5.22. The Morgan fingerprint density at radius 2 is 1.69 bits per heavy atom. The Bertz CT molecular complexity index is 857. The van der Waals surface area contributed by atoms with Gasteiger partial charge in [-0.3, -0.25) is 0 Å². The Balaban J connectivity index is 1.99. The zero-order chi connectivity index (χ0) is 20.5. The lowest BCUT2D eigenvalue weighted by Crippen LogP contribution is -2.19. The van der Waals surface area contributed by atoms with Crippen molar-refractivity contribution in [1.82, 2.24) is 4.90 Å². The lowest BCUT2D eigenvalue weighted by molar-refractivity contribution is 0.261. The van der Waals surface area contributed by atoms with Crippen molar-refractivity contribution in [2.45, 2.75) is 32.6 Å². The molecule has 0 radical (unpaired) electrons. The van der Waals surface area contributed by atoms with Crippen molar-refractivity contribution >= 4 is 5.57 Å². The Kier molecular flexibility index (Phi) is 7.89. The molecule has 29 heavy (non-hydrogen) atoms. The van der Waals surface area contributed by atoms with E-state index in [0.717, 1.165) is 38.0 Å². The molecule has 0 unspecified atom stereocenters. The smallest absolute Gasteiger partial charge is 0.119 e. The van der Waals surface area contributed by atoms with Gasteiger partial charge in [-0.25, -0.2) is 0 Å². The molecular weight excluding hydrogens is 354 g/mol. The summed E-state index contributed by atoms with van der Waals surface area (Å²) < 4.78 is 5.90. The van der Waals surface area contributed by atoms with Crippen LogP contribution in [0.15, 0.2) is 84.0 Å². The van der Waals surface area contributed by atoms with Gasteiger partial charge in [-0.2, -0.15) is 0 Å². The van der Waals surface area contributed by atoms with Crippen molar-refractivity contribution in [3.8, 4) is 5.75 Å². The molecule has 3 rings (SSSR count). The molecule has 1 aliphatic rings. The van der Waals surface area contributed by atoms with Crippen molar-refractivity contribution in [2.24, 2.45) is 0 Å². The topological polar surface area (TPSA) is 12.5 Å². The molecule has 2 nitrogen and oxygen atoms in total. The fraction of sp³-hybridized carbons (Fsp3) is 0.333. The molecule has 152 valence electrons. The molecule has 0 aromatic heterocycles. The van der Waals surface area contributed by atoms with E-state index in [2.05, 4.69) is 98.7 Å². The first kappa shape index (κ1) is 21.1. The number of hydrogen-bond acceptors (Lipinski definition) is 2. The largest absolute Gasteiger partial charge is 0.492 e. The van der Waals surface area contributed by atoms with Crippen LogP contribution in [0.1, 0.15) is 43.7 Å². The number of allylic oxidation sites excluding steroid dienone is 5. The average molecular weight is 388 g/mol. The second kappa shape index (κ2) is 10.8. The van der Waals surface area contributed by atoms with Crippen LogP contribution >= 0.6 is 0 Å². The molecule has 2 heteroatoms. The lowest BCUT2D eigenvalue weighted by Gasteiger charge is -2.20. The van der Waals surface area contributed by atoms with E-state index in [-0.39, 0.29) is 0 Å². The van der Waals surface area contributed by atoms with Crippen molar-refractivity contribution in [2.75, 3.05) is 27.2 Å². The fourth-order valence-corrected chi connectivity index (χ4v) is 3.73. The summed E-state index contributed by atoms with van der Waals surface area (Å²) in [6, 6.07) is 19.4. The predicted octanol–water partition coefficient (Wildman–Crippen LogP) is 6.51. The second-order valence-corrected chi connectivity index (χ2v) is 7.80. The first-order valence-electron chi connectivity index (χ1n) is 10.7. The van der Waals surface area contributed by atoms with Crippen LogP contribution in [0.25, 0.3) is 5.57 Å². The summed E-state index contributed by atoms with van der Waals surface area (Å²) in [5.41, 5.74) is 6.85. The Hall–Kier alpha value is -2.58. The van der Waals surface area contributed by atoms with Crippen LogP contribution < -0.4 is 4.74 Å². The number of nitrogens with zero attached hydrogens (tertiary/aromatic N) is 1. The summed E-state index contributed by atoms with van der Waals surface area (Å²) in [7, 11) is 4.13. The molecule has 2 aromatic rings. The summed E-state index contributed by atoms with van der Waals surface area (Å²) in [5.74, 6) is 0.930. The van der Waals surface area contributed by atoms with E-state index in [9.17, 15) is 0 Å². The molecule has 2 aromatic carbocycles. The Labute approximate surface area is 176 Å². The summed E-state index contributed by atoms with van der Waals surface area (Å²) in [6.07, 6.45) is 11.2. The normalized spacial score (nSPS) is 14.6. The first-order valence-corrected chi connectivity index (χ1v) is 10.7. The highest BCUT2D eigenvalue weighted by atomic mass is 16.5. The van der Waals surface area contributed by atoms with Gasteiger partial charge in [0.2, 0.25) is 0 Å². The van der Waals surface area contributed by atoms with Crippen LogP contribution in [-0.4, -0.2) is 32.1 Å². The number of hydrogen-bond donors (Lipinski definition) is 0. The molecule has 0 bridgehead atoms. The highest BCUT2D eigenvalue weighted by molar-refractivity contribution is 5.85. The van der Waals surface area contributed by atoms with E-state index < -0.39 is 0 Å². The molecule has 0 heterocycles. The van der Waals surface area contributed by atoms with Crippen LogP contribution in [0.4, 0.5) is 0 Å². The molecule has 0 spiro atoms. The monoisotopic (exact) mass is 387 g/mol. The second-order valence-electron chi connectivity index (χ2n) is 7.80. The molecule has 0 amide bonds. The van der Waals surface area contributed by atoms with Crippen molar-refractivity contribution < 1.29 is 4.74 Å². The summed E-state index contributed by atoms with van der Waals surface area (Å²) >= 11 is 0. The molecule has 0 fully saturated rings. The third kappa shape index (κ3) is 5.95. The number of benzene rings is 2. The van der Waals surface area contributed by atoms with Gasteiger partial charge in [0, 0.05) is 6.54 Å². The quantitative estimate of drug-likeness (QED) is 0.486. The summed E-state index contributed by atoms with van der Waals surface area (Å²) in [5, 5.41) is 0. The molecule has 0 aliphatic heterocycles. The third-order valence-corrected chi connectivity index (χ3v) is 5.22. The van der Waals surface area contributed by atoms with Crippen molar-refractivity contribution in [1.29, 1.82) is 0 Å². The van der Waals surface area contributed by atoms with Gasteiger partial charge in [0.15, 0.2) is 0 Å². The minimum atomic E-state index is 0.702. The van der Waals surface area contributed by atoms with Gasteiger partial charge in [-0.15, -0.1) is 0 Å². The molecular formula is C27H33NO. The van der Waals surface area contributed by atoms with Crippen molar-refractivity contribution in [3.63, 3.8) is 0 Å². The summed E-state index contributed by atoms with van der Waals surface area (Å²) in [6.45, 7) is 3.89. The standard InChI is InChI=1S/C27H33NO/c1-4-11-26(22-12-7-5-8-13-22)27(23-14-9-6-10-15-23)24-16-18-25(19-17-24)29-21-20-28(2)3/h5-7,9-10,12,14-19H,4,8,11,13,20-21H2,1-3H3/b27-26-. The number of ether oxygens (including phenoxy) is 1. The van der Waals surface area contributed by atoms with E-state index >= 15 is 0 Å². The minimum absolute atomic E-state index is 0.702. The minimum Gasteiger partial charge on any atom is -0.492 e. The molecule has 0 N–H and O–H groups in total. The van der Waals surface area contributed by atoms with E-state index in [1.54, 1.807) is 0 Å². The van der Waals surface area contributed by atoms with Crippen LogP contribution in [0.3, 0.4) is 0 Å². The highest BCUT2D eigenvalue weighted by Gasteiger charge is 2.16. The predicted molar refractivity (Wildman–Crippen MR) is 124 cm³/mol. The fourth-order valence-electron chi connectivity index (χ4n) is 3.73. The average Bonchev–Trinajstić information content (AvgIpc) is 2.75. The molecule has 0 saturated heterocycles. The van der Waals surface area contributed by atoms with Gasteiger partial charge in [0.05, 0.1) is 0 Å². The Morgan fingerprint density at radius 1 is 0.966 bits per heavy atom. The maximum Gasteiger partial charge on any atom is 0.119 e. The van der Waals surface area contributed by atoms with Crippen LogP contribution in [0.2, 0.25) is 0 Å². The number of likely N-dealkylation sites (N-methyl/N-ethyl adjacent to an activating group) is 1. The molecule has 1 aliphatic carbocycles. The maximum atomic E-state index is 5.90. The van der Waals surface area contributed by atoms with Gasteiger partial charge in [-0.05, 0) is 73.3 Å². The number of rotatable bonds is 9. The van der Waals surface area contributed by atoms with E-state index in [1.807, 2.05) is 0 Å². The van der Waals surface area contributed by atoms with Gasteiger partial charge < -0.3 is 9.64 Å². The van der Waals surface area contributed by atoms with Gasteiger partial charge in [0.25, 0.3) is 0 Å².